The summed E-state index contributed by atoms with van der Waals surface area (Å²) in [6.45, 7) is -1.22. The topological polar surface area (TPSA) is 181 Å². The summed E-state index contributed by atoms with van der Waals surface area (Å²) in [4.78, 5) is 24.4. The maximum Gasteiger partial charge on any atom is 0.337 e. The molecule has 1 spiro atoms. The van der Waals surface area contributed by atoms with E-state index in [2.05, 4.69) is 0 Å². The van der Waals surface area contributed by atoms with Crippen molar-refractivity contribution in [2.75, 3.05) is 20.3 Å². The van der Waals surface area contributed by atoms with Gasteiger partial charge in [0.05, 0.1) is 43.6 Å². The Bertz CT molecular complexity index is 863. The molecule has 0 aromatic heterocycles. The largest absolute Gasteiger partial charge is 0.471 e. The number of methoxy groups -OCH3 is 1. The van der Waals surface area contributed by atoms with Gasteiger partial charge in [-0.3, -0.25) is 0 Å². The lowest BCUT2D eigenvalue weighted by molar-refractivity contribution is -0.344. The minimum Gasteiger partial charge on any atom is -0.471 e. The summed E-state index contributed by atoms with van der Waals surface area (Å²) in [5, 5.41) is 49.2. The Hall–Kier alpha value is -2.32. The van der Waals surface area contributed by atoms with Gasteiger partial charge < -0.3 is 49.2 Å². The summed E-state index contributed by atoms with van der Waals surface area (Å²) < 4.78 is 27.1. The normalized spacial score (nSPS) is 42.8. The molecule has 0 radical (unpaired) electrons. The van der Waals surface area contributed by atoms with E-state index in [1.807, 2.05) is 0 Å². The third-order valence-corrected chi connectivity index (χ3v) is 6.09. The molecule has 176 valence electrons. The van der Waals surface area contributed by atoms with Crippen LogP contribution in [0, 0.1) is 11.8 Å². The van der Waals surface area contributed by atoms with Gasteiger partial charge in [0.2, 0.25) is 6.29 Å². The molecule has 1 aliphatic carbocycles. The third-order valence-electron chi connectivity index (χ3n) is 6.09. The second-order valence-electron chi connectivity index (χ2n) is 7.88. The molecule has 0 amide bonds. The Morgan fingerprint density at radius 1 is 1.16 bits per heavy atom. The van der Waals surface area contributed by atoms with Crippen molar-refractivity contribution in [2.45, 2.75) is 42.6 Å². The molecule has 12 heteroatoms. The van der Waals surface area contributed by atoms with E-state index in [0.29, 0.717) is 0 Å². The van der Waals surface area contributed by atoms with Gasteiger partial charge in [-0.15, -0.1) is 0 Å². The van der Waals surface area contributed by atoms with Crippen LogP contribution in [0.5, 0.6) is 0 Å². The van der Waals surface area contributed by atoms with E-state index < -0.39 is 79.6 Å². The summed E-state index contributed by atoms with van der Waals surface area (Å²) in [5.74, 6) is -3.00. The first-order valence-electron chi connectivity index (χ1n) is 9.91. The molecule has 4 aliphatic rings. The average molecular weight is 456 g/mol. The molecule has 12 nitrogen and oxygen atoms in total. The number of carbonyl (C=O) groups is 2. The highest BCUT2D eigenvalue weighted by atomic mass is 16.8. The molecule has 32 heavy (non-hydrogen) atoms. The zero-order valence-electron chi connectivity index (χ0n) is 16.9. The number of allylic oxidation sites excluding steroid dienone is 1. The Morgan fingerprint density at radius 3 is 2.53 bits per heavy atom. The Morgan fingerprint density at radius 2 is 1.91 bits per heavy atom. The van der Waals surface area contributed by atoms with E-state index in [0.717, 1.165) is 6.26 Å². The lowest BCUT2D eigenvalue weighted by Crippen LogP contribution is -2.60. The summed E-state index contributed by atoms with van der Waals surface area (Å²) >= 11 is 0. The second-order valence-corrected chi connectivity index (χ2v) is 7.88. The number of fused-ring (bicyclic) bond motifs is 2. The fraction of sp³-hybridized carbons (Fsp3) is 0.600. The average Bonchev–Trinajstić information content (AvgIpc) is 3.33. The molecule has 0 bridgehead atoms. The molecule has 0 unspecified atom stereocenters. The van der Waals surface area contributed by atoms with Crippen molar-refractivity contribution < 1.29 is 58.8 Å². The van der Waals surface area contributed by atoms with Gasteiger partial charge in [-0.2, -0.15) is 0 Å². The number of aliphatic hydroxyl groups excluding tert-OH is 5. The van der Waals surface area contributed by atoms with Crippen LogP contribution in [0.15, 0.2) is 35.6 Å². The molecule has 0 saturated carbocycles. The highest BCUT2D eigenvalue weighted by Gasteiger charge is 2.59. The Balaban J connectivity index is 1.66. The zero-order valence-corrected chi connectivity index (χ0v) is 16.9. The van der Waals surface area contributed by atoms with Crippen LogP contribution in [0.3, 0.4) is 0 Å². The SMILES string of the molecule is COC(=O)C1=CO[C@@H](O[C@@H]2O[C@H](CO)[C@@H](O)[C@H](O)[C@H]2O)[C@H]2[C@@H]1C=C[C@@]21C=C(CO)C(=O)O1. The lowest BCUT2D eigenvalue weighted by Gasteiger charge is -2.44. The molecule has 1 fully saturated rings. The van der Waals surface area contributed by atoms with E-state index in [-0.39, 0.29) is 11.1 Å². The van der Waals surface area contributed by atoms with Crippen LogP contribution in [0.4, 0.5) is 0 Å². The van der Waals surface area contributed by atoms with Gasteiger partial charge in [0.1, 0.15) is 24.4 Å². The molecule has 9 atom stereocenters. The van der Waals surface area contributed by atoms with E-state index in [1.54, 1.807) is 6.08 Å². The van der Waals surface area contributed by atoms with Crippen LogP contribution < -0.4 is 0 Å². The quantitative estimate of drug-likeness (QED) is 0.213. The highest BCUT2D eigenvalue weighted by Crippen LogP contribution is 2.50. The van der Waals surface area contributed by atoms with Gasteiger partial charge in [0.15, 0.2) is 11.9 Å². The third kappa shape index (κ3) is 3.53. The summed E-state index contributed by atoms with van der Waals surface area (Å²) in [6, 6.07) is 0. The van der Waals surface area contributed by atoms with Crippen LogP contribution >= 0.6 is 0 Å². The molecular formula is C20H24O12. The molecule has 0 aromatic carbocycles. The predicted octanol–water partition coefficient (Wildman–Crippen LogP) is -2.77. The van der Waals surface area contributed by atoms with Crippen LogP contribution in [-0.4, -0.2) is 100 Å². The minimum atomic E-state index is -1.69. The Labute approximate surface area is 181 Å². The van der Waals surface area contributed by atoms with Gasteiger partial charge in [0, 0.05) is 5.92 Å². The van der Waals surface area contributed by atoms with Crippen LogP contribution in [-0.2, 0) is 33.3 Å². The maximum atomic E-state index is 12.2. The number of hydrogen-bond acceptors (Lipinski definition) is 12. The van der Waals surface area contributed by atoms with Gasteiger partial charge in [-0.25, -0.2) is 9.59 Å². The Kier molecular flexibility index (Phi) is 6.11. The molecule has 5 N–H and O–H groups in total. The molecule has 3 heterocycles. The number of aliphatic hydroxyl groups is 5. The zero-order chi connectivity index (χ0) is 23.2. The maximum absolute atomic E-state index is 12.2. The first-order chi connectivity index (χ1) is 15.3. The number of rotatable bonds is 5. The van der Waals surface area contributed by atoms with E-state index in [9.17, 15) is 35.1 Å². The fourth-order valence-corrected chi connectivity index (χ4v) is 4.42. The van der Waals surface area contributed by atoms with Crippen LogP contribution in [0.25, 0.3) is 0 Å². The standard InChI is InChI=1S/C20H24O12/c1-28-17(27)10-7-29-18(31-19-15(25)14(24)13(23)11(6-22)30-19)12-9(10)2-3-20(12)4-8(5-21)16(26)32-20/h2-4,7,9,11-15,18-19,21-25H,5-6H2,1H3/t9-,11-,12-,13-,14+,15-,18+,19+,20-/m1/s1. The molecule has 3 aliphatic heterocycles. The van der Waals surface area contributed by atoms with E-state index in [4.69, 9.17) is 23.7 Å². The van der Waals surface area contributed by atoms with Crippen molar-refractivity contribution in [2.24, 2.45) is 11.8 Å². The summed E-state index contributed by atoms with van der Waals surface area (Å²) in [7, 11) is 1.20. The van der Waals surface area contributed by atoms with E-state index >= 15 is 0 Å². The number of ether oxygens (including phenoxy) is 5. The summed E-state index contributed by atoms with van der Waals surface area (Å²) in [5.41, 5.74) is -1.29. The van der Waals surface area contributed by atoms with Crippen molar-refractivity contribution in [3.8, 4) is 0 Å². The highest BCUT2D eigenvalue weighted by molar-refractivity contribution is 5.93. The molecule has 1 saturated heterocycles. The number of carbonyl (C=O) groups excluding carboxylic acids is 2. The van der Waals surface area contributed by atoms with Crippen molar-refractivity contribution in [1.29, 1.82) is 0 Å². The van der Waals surface area contributed by atoms with Crippen molar-refractivity contribution in [1.82, 2.24) is 0 Å². The van der Waals surface area contributed by atoms with Gasteiger partial charge in [-0.05, 0) is 12.2 Å². The molecular weight excluding hydrogens is 432 g/mol. The van der Waals surface area contributed by atoms with Crippen molar-refractivity contribution >= 4 is 11.9 Å². The number of esters is 2. The van der Waals surface area contributed by atoms with Crippen LogP contribution in [0.1, 0.15) is 0 Å². The first-order valence-corrected chi connectivity index (χ1v) is 9.91. The fourth-order valence-electron chi connectivity index (χ4n) is 4.42. The van der Waals surface area contributed by atoms with Gasteiger partial charge >= 0.3 is 11.9 Å². The van der Waals surface area contributed by atoms with Gasteiger partial charge in [-0.1, -0.05) is 6.08 Å². The molecule has 4 rings (SSSR count). The second kappa shape index (κ2) is 8.56. The van der Waals surface area contributed by atoms with Crippen LogP contribution in [0.2, 0.25) is 0 Å². The smallest absolute Gasteiger partial charge is 0.337 e. The minimum absolute atomic E-state index is 0.0102. The van der Waals surface area contributed by atoms with Crippen molar-refractivity contribution in [3.63, 3.8) is 0 Å². The monoisotopic (exact) mass is 456 g/mol. The predicted molar refractivity (Wildman–Crippen MR) is 99.9 cm³/mol. The number of hydrogen-bond donors (Lipinski definition) is 5. The van der Waals surface area contributed by atoms with E-state index in [1.165, 1.54) is 19.3 Å². The first kappa shape index (κ1) is 22.9. The van der Waals surface area contributed by atoms with Crippen molar-refractivity contribution in [3.05, 3.63) is 35.6 Å². The van der Waals surface area contributed by atoms with Gasteiger partial charge in [0.25, 0.3) is 0 Å². The summed E-state index contributed by atoms with van der Waals surface area (Å²) in [6.07, 6.45) is -3.27. The molecule has 0 aromatic rings. The lowest BCUT2D eigenvalue weighted by atomic mass is 9.79.